The molecule has 4 nitrogen and oxygen atoms in total. The number of hydrogen-bond donors (Lipinski definition) is 0. The lowest BCUT2D eigenvalue weighted by Gasteiger charge is -2.41. The highest BCUT2D eigenvalue weighted by Crippen LogP contribution is 2.59. The largest absolute Gasteiger partial charge is 0.471 e. The molecule has 0 aromatic carbocycles. The Hall–Kier alpha value is -2.71. The highest BCUT2D eigenvalue weighted by Gasteiger charge is 2.88. The Labute approximate surface area is 274 Å². The first-order valence-corrected chi connectivity index (χ1v) is 12.1. The van der Waals surface area contributed by atoms with Crippen molar-refractivity contribution in [2.24, 2.45) is 5.92 Å². The molecule has 4 atom stereocenters. The van der Waals surface area contributed by atoms with Crippen LogP contribution in [0.3, 0.4) is 0 Å². The van der Waals surface area contributed by atoms with Gasteiger partial charge in [-0.2, -0.15) is 110 Å². The van der Waals surface area contributed by atoms with E-state index < -0.39 is 122 Å². The second kappa shape index (κ2) is 14.7. The highest BCUT2D eigenvalue weighted by molar-refractivity contribution is 5.79. The summed E-state index contributed by atoms with van der Waals surface area (Å²) in [7, 11) is 0. The van der Waals surface area contributed by atoms with Crippen LogP contribution in [-0.4, -0.2) is 110 Å². The van der Waals surface area contributed by atoms with Gasteiger partial charge in [-0.15, -0.1) is 0 Å². The molecule has 0 radical (unpaired) electrons. The van der Waals surface area contributed by atoms with Crippen molar-refractivity contribution in [2.75, 3.05) is 20.0 Å². The van der Waals surface area contributed by atoms with Gasteiger partial charge in [0.15, 0.2) is 5.67 Å². The average Bonchev–Trinajstić information content (AvgIpc) is 2.94. The maximum atomic E-state index is 14.4. The van der Waals surface area contributed by atoms with E-state index in [-0.39, 0.29) is 0 Å². The Balaban J connectivity index is 7.21. The Morgan fingerprint density at radius 2 is 0.833 bits per heavy atom. The molecule has 0 N–H and O–H groups in total. The molecular formula is C20H10F30O4. The minimum absolute atomic E-state index is 0.945. The van der Waals surface area contributed by atoms with Gasteiger partial charge in [-0.3, -0.25) is 18.3 Å². The molecule has 0 aliphatic rings. The topological polar surface area (TPSA) is 44.8 Å². The van der Waals surface area contributed by atoms with Gasteiger partial charge in [0.25, 0.3) is 0 Å². The molecule has 0 fully saturated rings. The number of alkyl halides is 30. The van der Waals surface area contributed by atoms with Crippen molar-refractivity contribution in [1.82, 2.24) is 0 Å². The van der Waals surface area contributed by atoms with Crippen LogP contribution in [0, 0.1) is 5.92 Å². The van der Waals surface area contributed by atoms with Crippen LogP contribution in [0.5, 0.6) is 0 Å². The van der Waals surface area contributed by atoms with E-state index in [0.717, 1.165) is 9.47 Å². The van der Waals surface area contributed by atoms with Gasteiger partial charge >= 0.3 is 78.2 Å². The van der Waals surface area contributed by atoms with Gasteiger partial charge < -0.3 is 4.74 Å². The summed E-state index contributed by atoms with van der Waals surface area (Å²) in [5, 5.41) is 0. The fraction of sp³-hybridized carbons (Fsp3) is 0.950. The SMILES string of the molecule is O=C(OC(F)(F)C(F)(OC(F)(F)C(F)(OC(F)(F)C(F)(F)C(F)(F)F)C(F)(F)F)C(F)(F)F)C(F)(F)C(F)(F)C(F)(F)CC(F)(CF)C(F)C(CF)CF. The molecule has 0 amide bonds. The predicted octanol–water partition coefficient (Wildman–Crippen LogP) is 9.86. The lowest BCUT2D eigenvalue weighted by molar-refractivity contribution is -0.569. The van der Waals surface area contributed by atoms with Crippen LogP contribution in [0.2, 0.25) is 0 Å². The molecule has 0 saturated heterocycles. The van der Waals surface area contributed by atoms with Crippen LogP contribution in [0.15, 0.2) is 0 Å². The van der Waals surface area contributed by atoms with Gasteiger partial charge in [0.2, 0.25) is 0 Å². The molecule has 0 spiro atoms. The molecule has 0 aromatic heterocycles. The van der Waals surface area contributed by atoms with E-state index in [0.29, 0.717) is 0 Å². The first-order valence-electron chi connectivity index (χ1n) is 12.1. The third-order valence-electron chi connectivity index (χ3n) is 6.11. The highest BCUT2D eigenvalue weighted by atomic mass is 19.4. The molecule has 0 saturated carbocycles. The summed E-state index contributed by atoms with van der Waals surface area (Å²) in [5.41, 5.74) is -5.45. The lowest BCUT2D eigenvalue weighted by Crippen LogP contribution is -2.70. The van der Waals surface area contributed by atoms with Crippen molar-refractivity contribution in [1.29, 1.82) is 0 Å². The minimum Gasteiger partial charge on any atom is -0.391 e. The van der Waals surface area contributed by atoms with Gasteiger partial charge in [-0.05, 0) is 0 Å². The number of carbonyl (C=O) groups is 1. The first kappa shape index (κ1) is 51.3. The Morgan fingerprint density at radius 1 is 0.481 bits per heavy atom. The molecular weight excluding hydrogens is 874 g/mol. The molecule has 54 heavy (non-hydrogen) atoms. The summed E-state index contributed by atoms with van der Waals surface area (Å²) in [4.78, 5) is 11.3. The third-order valence-corrected chi connectivity index (χ3v) is 6.11. The van der Waals surface area contributed by atoms with E-state index in [1.807, 2.05) is 0 Å². The zero-order chi connectivity index (χ0) is 44.2. The van der Waals surface area contributed by atoms with Crippen LogP contribution in [0.25, 0.3) is 0 Å². The summed E-state index contributed by atoms with van der Waals surface area (Å²) in [6.07, 6.45) is -59.9. The smallest absolute Gasteiger partial charge is 0.391 e. The molecule has 4 unspecified atom stereocenters. The second-order valence-electron chi connectivity index (χ2n) is 10.1. The summed E-state index contributed by atoms with van der Waals surface area (Å²) >= 11 is 0. The fourth-order valence-electron chi connectivity index (χ4n) is 3.14. The van der Waals surface area contributed by atoms with E-state index in [9.17, 15) is 137 Å². The normalized spacial score (nSPS) is 19.2. The molecule has 324 valence electrons. The summed E-state index contributed by atoms with van der Waals surface area (Å²) < 4.78 is 405. The fourth-order valence-corrected chi connectivity index (χ4v) is 3.14. The van der Waals surface area contributed by atoms with Gasteiger partial charge in [0, 0.05) is 0 Å². The Bertz CT molecular complexity index is 1280. The number of halogens is 30. The molecule has 0 rings (SSSR count). The van der Waals surface area contributed by atoms with E-state index in [2.05, 4.69) is 0 Å². The van der Waals surface area contributed by atoms with E-state index in [4.69, 9.17) is 0 Å². The lowest BCUT2D eigenvalue weighted by atomic mass is 9.84. The zero-order valence-corrected chi connectivity index (χ0v) is 24.0. The maximum absolute atomic E-state index is 14.4. The first-order chi connectivity index (χ1) is 23.2. The molecule has 0 bridgehead atoms. The number of ether oxygens (including phenoxy) is 3. The molecule has 34 heteroatoms. The van der Waals surface area contributed by atoms with Crippen LogP contribution < -0.4 is 0 Å². The summed E-state index contributed by atoms with van der Waals surface area (Å²) in [6, 6.07) is 0. The molecule has 0 aromatic rings. The molecule has 0 aliphatic heterocycles. The summed E-state index contributed by atoms with van der Waals surface area (Å²) in [5.74, 6) is -58.7. The Morgan fingerprint density at radius 3 is 1.15 bits per heavy atom. The maximum Gasteiger partial charge on any atom is 0.471 e. The van der Waals surface area contributed by atoms with Crippen molar-refractivity contribution >= 4 is 5.97 Å². The van der Waals surface area contributed by atoms with Crippen molar-refractivity contribution in [2.45, 2.75) is 90.5 Å². The number of hydrogen-bond acceptors (Lipinski definition) is 4. The average molecular weight is 884 g/mol. The van der Waals surface area contributed by atoms with Crippen LogP contribution >= 0.6 is 0 Å². The minimum atomic E-state index is -8.98. The summed E-state index contributed by atoms with van der Waals surface area (Å²) in [6.45, 7) is -8.45. The Kier molecular flexibility index (Phi) is 13.9. The van der Waals surface area contributed by atoms with Gasteiger partial charge in [-0.1, -0.05) is 0 Å². The van der Waals surface area contributed by atoms with Gasteiger partial charge in [0.1, 0.15) is 12.8 Å². The van der Waals surface area contributed by atoms with Crippen molar-refractivity contribution in [3.63, 3.8) is 0 Å². The van der Waals surface area contributed by atoms with Crippen LogP contribution in [-0.2, 0) is 19.0 Å². The van der Waals surface area contributed by atoms with Crippen LogP contribution in [0.4, 0.5) is 132 Å². The van der Waals surface area contributed by atoms with E-state index >= 15 is 0 Å². The van der Waals surface area contributed by atoms with E-state index in [1.54, 1.807) is 0 Å². The zero-order valence-electron chi connectivity index (χ0n) is 24.0. The van der Waals surface area contributed by atoms with Crippen LogP contribution in [0.1, 0.15) is 6.42 Å². The molecule has 0 heterocycles. The predicted molar refractivity (Wildman–Crippen MR) is 104 cm³/mol. The second-order valence-corrected chi connectivity index (χ2v) is 10.1. The quantitative estimate of drug-likeness (QED) is 0.102. The van der Waals surface area contributed by atoms with E-state index in [1.165, 1.54) is 4.74 Å². The van der Waals surface area contributed by atoms with Crippen molar-refractivity contribution in [3.05, 3.63) is 0 Å². The molecule has 0 aliphatic carbocycles. The van der Waals surface area contributed by atoms with Gasteiger partial charge in [-0.25, -0.2) is 18.0 Å². The number of carbonyl (C=O) groups excluding carboxylic acids is 1. The monoisotopic (exact) mass is 884 g/mol. The number of esters is 1. The van der Waals surface area contributed by atoms with Crippen molar-refractivity contribution < 1.29 is 151 Å². The standard InChI is InChI=1S/C20H10F30O4/c21-1-5(2-22)6(24)8(25,4-23)3-9(26,27)11(30,31)10(28,29)7(51)52-19(47,48)13(34,16(39,40)41)54-20(49,50)14(35,17(42,43)44)53-18(45,46)12(32,33)15(36,37)38/h5-6H,1-4H2. The van der Waals surface area contributed by atoms with Gasteiger partial charge in [0.05, 0.1) is 25.7 Å². The third kappa shape index (κ3) is 8.65. The van der Waals surface area contributed by atoms with Crippen molar-refractivity contribution in [3.8, 4) is 0 Å². The number of rotatable bonds is 18.